The number of carbonyl (C=O) groups excluding carboxylic acids is 1. The first-order valence-electron chi connectivity index (χ1n) is 5.75. The summed E-state index contributed by atoms with van der Waals surface area (Å²) >= 11 is 0. The van der Waals surface area contributed by atoms with Crippen LogP contribution in [0.1, 0.15) is 22.8 Å². The number of hydrogen-bond donors (Lipinski definition) is 2. The number of hydrogen-bond acceptors (Lipinski definition) is 2. The van der Waals surface area contributed by atoms with Crippen LogP contribution in [-0.2, 0) is 6.54 Å². The smallest absolute Gasteiger partial charge is 0.335 e. The van der Waals surface area contributed by atoms with Crippen LogP contribution in [0.25, 0.3) is 0 Å². The minimum atomic E-state index is -0.962. The minimum absolute atomic E-state index is 0.218. The molecule has 0 saturated heterocycles. The maximum absolute atomic E-state index is 11.7. The SMILES string of the molecule is CC#CCNC(=O)N(C)Cc1ccc(C(=O)O)cc1. The number of aromatic carboxylic acids is 1. The fraction of sp³-hybridized carbons (Fsp3) is 0.286. The number of carboxylic acid groups (broad SMARTS) is 1. The van der Waals surface area contributed by atoms with Gasteiger partial charge in [0.05, 0.1) is 12.1 Å². The van der Waals surface area contributed by atoms with Crippen molar-refractivity contribution in [1.29, 1.82) is 0 Å². The van der Waals surface area contributed by atoms with E-state index in [1.807, 2.05) is 0 Å². The van der Waals surface area contributed by atoms with Crippen molar-refractivity contribution >= 4 is 12.0 Å². The third-order valence-electron chi connectivity index (χ3n) is 2.47. The Morgan fingerprint density at radius 2 is 1.95 bits per heavy atom. The predicted octanol–water partition coefficient (Wildman–Crippen LogP) is 1.55. The number of carbonyl (C=O) groups is 2. The second-order valence-electron chi connectivity index (χ2n) is 3.94. The Balaban J connectivity index is 2.55. The second-order valence-corrected chi connectivity index (χ2v) is 3.94. The van der Waals surface area contributed by atoms with Gasteiger partial charge in [-0.3, -0.25) is 0 Å². The molecule has 0 spiro atoms. The molecule has 1 rings (SSSR count). The monoisotopic (exact) mass is 260 g/mol. The lowest BCUT2D eigenvalue weighted by atomic mass is 10.1. The topological polar surface area (TPSA) is 69.6 Å². The molecule has 0 aliphatic carbocycles. The molecule has 0 bridgehead atoms. The number of nitrogens with zero attached hydrogens (tertiary/aromatic N) is 1. The minimum Gasteiger partial charge on any atom is -0.478 e. The molecule has 0 aliphatic rings. The van der Waals surface area contributed by atoms with Crippen molar-refractivity contribution in [2.45, 2.75) is 13.5 Å². The molecule has 1 aromatic carbocycles. The predicted molar refractivity (Wildman–Crippen MR) is 71.7 cm³/mol. The summed E-state index contributed by atoms with van der Waals surface area (Å²) in [5, 5.41) is 11.4. The molecular formula is C14H16N2O3. The molecular weight excluding hydrogens is 244 g/mol. The van der Waals surface area contributed by atoms with E-state index >= 15 is 0 Å². The van der Waals surface area contributed by atoms with Gasteiger partial charge in [0.1, 0.15) is 0 Å². The Hall–Kier alpha value is -2.48. The van der Waals surface area contributed by atoms with Crippen LogP contribution in [-0.4, -0.2) is 35.6 Å². The van der Waals surface area contributed by atoms with Crippen LogP contribution in [0.2, 0.25) is 0 Å². The molecule has 0 radical (unpaired) electrons. The van der Waals surface area contributed by atoms with Gasteiger partial charge >= 0.3 is 12.0 Å². The molecule has 0 atom stereocenters. The maximum atomic E-state index is 11.7. The standard InChI is InChI=1S/C14H16N2O3/c1-3-4-9-15-14(19)16(2)10-11-5-7-12(8-6-11)13(17)18/h5-8H,9-10H2,1-2H3,(H,15,19)(H,17,18). The van der Waals surface area contributed by atoms with Gasteiger partial charge in [-0.2, -0.15) is 0 Å². The highest BCUT2D eigenvalue weighted by Gasteiger charge is 2.08. The molecule has 2 N–H and O–H groups in total. The Morgan fingerprint density at radius 3 is 2.47 bits per heavy atom. The molecule has 0 aliphatic heterocycles. The number of benzene rings is 1. The molecule has 2 amide bonds. The number of amides is 2. The van der Waals surface area contributed by atoms with Crippen LogP contribution in [0.3, 0.4) is 0 Å². The highest BCUT2D eigenvalue weighted by atomic mass is 16.4. The molecule has 5 nitrogen and oxygen atoms in total. The maximum Gasteiger partial charge on any atom is 0.335 e. The summed E-state index contributed by atoms with van der Waals surface area (Å²) in [7, 11) is 1.67. The molecule has 0 saturated carbocycles. The largest absolute Gasteiger partial charge is 0.478 e. The summed E-state index contributed by atoms with van der Waals surface area (Å²) in [6.07, 6.45) is 0. The van der Waals surface area contributed by atoms with Crippen molar-refractivity contribution in [1.82, 2.24) is 10.2 Å². The van der Waals surface area contributed by atoms with Crippen LogP contribution < -0.4 is 5.32 Å². The third kappa shape index (κ3) is 4.72. The Morgan fingerprint density at radius 1 is 1.32 bits per heavy atom. The molecule has 1 aromatic rings. The first-order chi connectivity index (χ1) is 9.04. The van der Waals surface area contributed by atoms with Crippen molar-refractivity contribution in [3.8, 4) is 11.8 Å². The number of rotatable bonds is 4. The summed E-state index contributed by atoms with van der Waals surface area (Å²) < 4.78 is 0. The highest BCUT2D eigenvalue weighted by molar-refractivity contribution is 5.87. The number of carboxylic acids is 1. The van der Waals surface area contributed by atoms with Gasteiger partial charge in [0.15, 0.2) is 0 Å². The Kier molecular flexibility index (Phi) is 5.42. The molecule has 19 heavy (non-hydrogen) atoms. The summed E-state index contributed by atoms with van der Waals surface area (Å²) in [5.74, 6) is 4.47. The van der Waals surface area contributed by atoms with E-state index in [-0.39, 0.29) is 11.6 Å². The van der Waals surface area contributed by atoms with E-state index in [0.717, 1.165) is 5.56 Å². The third-order valence-corrected chi connectivity index (χ3v) is 2.47. The summed E-state index contributed by atoms with van der Waals surface area (Å²) in [6, 6.07) is 6.21. The average Bonchev–Trinajstić information content (AvgIpc) is 2.39. The fourth-order valence-electron chi connectivity index (χ4n) is 1.44. The molecule has 100 valence electrons. The fourth-order valence-corrected chi connectivity index (χ4v) is 1.44. The van der Waals surface area contributed by atoms with Gasteiger partial charge in [-0.25, -0.2) is 9.59 Å². The number of nitrogens with one attached hydrogen (secondary N) is 1. The van der Waals surface area contributed by atoms with Gasteiger partial charge in [0.25, 0.3) is 0 Å². The van der Waals surface area contributed by atoms with Crippen molar-refractivity contribution in [2.75, 3.05) is 13.6 Å². The molecule has 0 fully saturated rings. The lowest BCUT2D eigenvalue weighted by Gasteiger charge is -2.17. The van der Waals surface area contributed by atoms with E-state index in [4.69, 9.17) is 5.11 Å². The zero-order valence-electron chi connectivity index (χ0n) is 10.9. The van der Waals surface area contributed by atoms with Gasteiger partial charge in [-0.15, -0.1) is 5.92 Å². The van der Waals surface area contributed by atoms with Gasteiger partial charge in [0.2, 0.25) is 0 Å². The average molecular weight is 260 g/mol. The zero-order valence-corrected chi connectivity index (χ0v) is 10.9. The molecule has 0 heterocycles. The van der Waals surface area contributed by atoms with Gasteiger partial charge < -0.3 is 15.3 Å². The number of urea groups is 1. The normalized spacial score (nSPS) is 9.16. The summed E-state index contributed by atoms with van der Waals surface area (Å²) in [4.78, 5) is 23.9. The highest BCUT2D eigenvalue weighted by Crippen LogP contribution is 2.06. The van der Waals surface area contributed by atoms with Crippen molar-refractivity contribution in [3.63, 3.8) is 0 Å². The first kappa shape index (κ1) is 14.6. The van der Waals surface area contributed by atoms with Gasteiger partial charge in [-0.1, -0.05) is 18.1 Å². The zero-order chi connectivity index (χ0) is 14.3. The van der Waals surface area contributed by atoms with E-state index in [9.17, 15) is 9.59 Å². The summed E-state index contributed by atoms with van der Waals surface area (Å²) in [5.41, 5.74) is 1.10. The van der Waals surface area contributed by atoms with E-state index in [1.165, 1.54) is 17.0 Å². The second kappa shape index (κ2) is 7.07. The van der Waals surface area contributed by atoms with E-state index in [1.54, 1.807) is 26.1 Å². The van der Waals surface area contributed by atoms with Crippen molar-refractivity contribution in [2.24, 2.45) is 0 Å². The van der Waals surface area contributed by atoms with E-state index in [0.29, 0.717) is 13.1 Å². The first-order valence-corrected chi connectivity index (χ1v) is 5.75. The Bertz CT molecular complexity index is 512. The van der Waals surface area contributed by atoms with Crippen LogP contribution in [0.4, 0.5) is 4.79 Å². The van der Waals surface area contributed by atoms with Crippen LogP contribution in [0.15, 0.2) is 24.3 Å². The molecule has 5 heteroatoms. The van der Waals surface area contributed by atoms with Gasteiger partial charge in [0, 0.05) is 13.6 Å². The molecule has 0 unspecified atom stereocenters. The lowest BCUT2D eigenvalue weighted by Crippen LogP contribution is -2.36. The quantitative estimate of drug-likeness (QED) is 0.807. The van der Waals surface area contributed by atoms with E-state index < -0.39 is 5.97 Å². The summed E-state index contributed by atoms with van der Waals surface area (Å²) in [6.45, 7) is 2.43. The van der Waals surface area contributed by atoms with Crippen LogP contribution in [0.5, 0.6) is 0 Å². The Labute approximate surface area is 112 Å². The van der Waals surface area contributed by atoms with Crippen LogP contribution >= 0.6 is 0 Å². The van der Waals surface area contributed by atoms with Crippen molar-refractivity contribution < 1.29 is 14.7 Å². The lowest BCUT2D eigenvalue weighted by molar-refractivity contribution is 0.0697. The van der Waals surface area contributed by atoms with Gasteiger partial charge in [-0.05, 0) is 24.6 Å². The van der Waals surface area contributed by atoms with Crippen molar-refractivity contribution in [3.05, 3.63) is 35.4 Å². The molecule has 0 aromatic heterocycles. The van der Waals surface area contributed by atoms with E-state index in [2.05, 4.69) is 17.2 Å². The van der Waals surface area contributed by atoms with Crippen LogP contribution in [0, 0.1) is 11.8 Å².